The summed E-state index contributed by atoms with van der Waals surface area (Å²) in [7, 11) is 1.77. The molecule has 1 aromatic rings. The molecule has 1 unspecified atom stereocenters. The van der Waals surface area contributed by atoms with Gasteiger partial charge in [0.05, 0.1) is 6.42 Å². The summed E-state index contributed by atoms with van der Waals surface area (Å²) in [6.45, 7) is 2.20. The van der Waals surface area contributed by atoms with Crippen LogP contribution < -0.4 is 5.73 Å². The van der Waals surface area contributed by atoms with Crippen LogP contribution in [-0.4, -0.2) is 27.1 Å². The number of rotatable bonds is 4. The van der Waals surface area contributed by atoms with Crippen LogP contribution >= 0.6 is 0 Å². The topological polar surface area (TPSA) is 73.8 Å². The van der Waals surface area contributed by atoms with Crippen molar-refractivity contribution in [2.75, 3.05) is 6.54 Å². The molecule has 1 rings (SSSR count). The first-order chi connectivity index (χ1) is 6.15. The second-order valence-electron chi connectivity index (χ2n) is 3.08. The highest BCUT2D eigenvalue weighted by Crippen LogP contribution is 2.00. The number of hydrogen-bond acceptors (Lipinski definition) is 4. The fourth-order valence-corrected chi connectivity index (χ4v) is 0.942. The van der Waals surface area contributed by atoms with E-state index in [1.165, 1.54) is 6.33 Å². The lowest BCUT2D eigenvalue weighted by Crippen LogP contribution is -2.23. The number of nitrogens with zero attached hydrogens (tertiary/aromatic N) is 3. The van der Waals surface area contributed by atoms with Crippen LogP contribution in [0.4, 0.5) is 0 Å². The zero-order valence-corrected chi connectivity index (χ0v) is 7.90. The number of nitrogens with two attached hydrogens (primary N) is 1. The predicted molar refractivity (Wildman–Crippen MR) is 47.9 cm³/mol. The molecule has 0 aliphatic carbocycles. The van der Waals surface area contributed by atoms with E-state index < -0.39 is 0 Å². The van der Waals surface area contributed by atoms with Gasteiger partial charge in [-0.2, -0.15) is 5.10 Å². The molecule has 0 radical (unpaired) electrons. The summed E-state index contributed by atoms with van der Waals surface area (Å²) in [5.41, 5.74) is 5.38. The highest BCUT2D eigenvalue weighted by molar-refractivity contribution is 5.82. The van der Waals surface area contributed by atoms with Gasteiger partial charge in [0.15, 0.2) is 0 Å². The minimum Gasteiger partial charge on any atom is -0.330 e. The SMILES string of the molecule is CC(CN)C(=O)Cc1ncnn1C. The van der Waals surface area contributed by atoms with Crippen molar-refractivity contribution in [2.45, 2.75) is 13.3 Å². The second-order valence-corrected chi connectivity index (χ2v) is 3.08. The predicted octanol–water partition coefficient (Wildman–Crippen LogP) is -0.478. The first-order valence-corrected chi connectivity index (χ1v) is 4.20. The third-order valence-electron chi connectivity index (χ3n) is 2.04. The zero-order chi connectivity index (χ0) is 9.84. The van der Waals surface area contributed by atoms with Crippen LogP contribution in [0.25, 0.3) is 0 Å². The minimum absolute atomic E-state index is 0.100. The molecular formula is C8H14N4O. The lowest BCUT2D eigenvalue weighted by Gasteiger charge is -2.05. The van der Waals surface area contributed by atoms with Gasteiger partial charge < -0.3 is 5.73 Å². The molecule has 0 amide bonds. The first-order valence-electron chi connectivity index (χ1n) is 4.20. The molecular weight excluding hydrogens is 168 g/mol. The van der Waals surface area contributed by atoms with Gasteiger partial charge >= 0.3 is 0 Å². The van der Waals surface area contributed by atoms with Crippen LogP contribution in [0.2, 0.25) is 0 Å². The fourth-order valence-electron chi connectivity index (χ4n) is 0.942. The molecule has 1 heterocycles. The highest BCUT2D eigenvalue weighted by Gasteiger charge is 2.13. The monoisotopic (exact) mass is 182 g/mol. The summed E-state index contributed by atoms with van der Waals surface area (Å²) in [5, 5.41) is 3.88. The van der Waals surface area contributed by atoms with Crippen LogP contribution in [0.3, 0.4) is 0 Å². The standard InChI is InChI=1S/C8H14N4O/c1-6(4-9)7(13)3-8-10-5-11-12(8)2/h5-6H,3-4,9H2,1-2H3. The van der Waals surface area contributed by atoms with Crippen LogP contribution in [0, 0.1) is 5.92 Å². The molecule has 1 atom stereocenters. The van der Waals surface area contributed by atoms with E-state index in [1.54, 1.807) is 11.7 Å². The van der Waals surface area contributed by atoms with E-state index in [1.807, 2.05) is 6.92 Å². The van der Waals surface area contributed by atoms with Crippen molar-refractivity contribution in [3.05, 3.63) is 12.2 Å². The number of ketones is 1. The lowest BCUT2D eigenvalue weighted by atomic mass is 10.0. The molecule has 0 spiro atoms. The molecule has 0 saturated heterocycles. The Balaban J connectivity index is 2.60. The molecule has 5 heteroatoms. The van der Waals surface area contributed by atoms with Gasteiger partial charge in [-0.15, -0.1) is 0 Å². The Bertz CT molecular complexity index is 294. The number of carbonyl (C=O) groups is 1. The summed E-state index contributed by atoms with van der Waals surface area (Å²) < 4.78 is 1.60. The molecule has 5 nitrogen and oxygen atoms in total. The number of aryl methyl sites for hydroxylation is 1. The number of Topliss-reactive ketones (excluding diaryl/α,β-unsaturated/α-hetero) is 1. The van der Waals surface area contributed by atoms with Crippen molar-refractivity contribution in [1.82, 2.24) is 14.8 Å². The van der Waals surface area contributed by atoms with Gasteiger partial charge in [0.25, 0.3) is 0 Å². The van der Waals surface area contributed by atoms with E-state index >= 15 is 0 Å². The zero-order valence-electron chi connectivity index (χ0n) is 7.90. The Labute approximate surface area is 76.9 Å². The van der Waals surface area contributed by atoms with Crippen LogP contribution in [0.5, 0.6) is 0 Å². The van der Waals surface area contributed by atoms with Crippen LogP contribution in [-0.2, 0) is 18.3 Å². The molecule has 2 N–H and O–H groups in total. The fraction of sp³-hybridized carbons (Fsp3) is 0.625. The summed E-state index contributed by atoms with van der Waals surface area (Å²) in [6, 6.07) is 0. The average molecular weight is 182 g/mol. The Hall–Kier alpha value is -1.23. The van der Waals surface area contributed by atoms with Gasteiger partial charge in [0.2, 0.25) is 0 Å². The van der Waals surface area contributed by atoms with Crippen molar-refractivity contribution in [3.8, 4) is 0 Å². The van der Waals surface area contributed by atoms with Gasteiger partial charge in [0, 0.05) is 19.5 Å². The molecule has 0 aromatic carbocycles. The highest BCUT2D eigenvalue weighted by atomic mass is 16.1. The van der Waals surface area contributed by atoms with E-state index in [9.17, 15) is 4.79 Å². The molecule has 0 bridgehead atoms. The van der Waals surface area contributed by atoms with Crippen molar-refractivity contribution in [3.63, 3.8) is 0 Å². The molecule has 0 aliphatic heterocycles. The van der Waals surface area contributed by atoms with Gasteiger partial charge in [0.1, 0.15) is 17.9 Å². The quantitative estimate of drug-likeness (QED) is 0.682. The van der Waals surface area contributed by atoms with Crippen LogP contribution in [0.1, 0.15) is 12.7 Å². The summed E-state index contributed by atoms with van der Waals surface area (Å²) in [4.78, 5) is 15.4. The van der Waals surface area contributed by atoms with Gasteiger partial charge in [-0.05, 0) is 0 Å². The lowest BCUT2D eigenvalue weighted by molar-refractivity contribution is -0.121. The molecule has 0 fully saturated rings. The normalized spacial score (nSPS) is 12.8. The molecule has 0 saturated carbocycles. The van der Waals surface area contributed by atoms with Crippen molar-refractivity contribution < 1.29 is 4.79 Å². The van der Waals surface area contributed by atoms with E-state index in [0.717, 1.165) is 0 Å². The Kier molecular flexibility index (Phi) is 3.13. The average Bonchev–Trinajstić information content (AvgIpc) is 2.50. The Morgan fingerprint density at radius 1 is 1.77 bits per heavy atom. The van der Waals surface area contributed by atoms with E-state index in [-0.39, 0.29) is 11.7 Å². The third-order valence-corrected chi connectivity index (χ3v) is 2.04. The molecule has 72 valence electrons. The number of carbonyl (C=O) groups excluding carboxylic acids is 1. The Morgan fingerprint density at radius 2 is 2.46 bits per heavy atom. The van der Waals surface area contributed by atoms with Crippen LogP contribution in [0.15, 0.2) is 6.33 Å². The maximum absolute atomic E-state index is 11.4. The van der Waals surface area contributed by atoms with Crippen molar-refractivity contribution >= 4 is 5.78 Å². The van der Waals surface area contributed by atoms with Gasteiger partial charge in [-0.3, -0.25) is 9.48 Å². The number of aromatic nitrogens is 3. The van der Waals surface area contributed by atoms with Gasteiger partial charge in [-0.1, -0.05) is 6.92 Å². The summed E-state index contributed by atoms with van der Waals surface area (Å²) in [6.07, 6.45) is 1.75. The summed E-state index contributed by atoms with van der Waals surface area (Å²) in [5.74, 6) is 0.695. The minimum atomic E-state index is -0.100. The second kappa shape index (κ2) is 4.13. The van der Waals surface area contributed by atoms with E-state index in [2.05, 4.69) is 10.1 Å². The summed E-state index contributed by atoms with van der Waals surface area (Å²) >= 11 is 0. The molecule has 13 heavy (non-hydrogen) atoms. The Morgan fingerprint density at radius 3 is 2.92 bits per heavy atom. The first kappa shape index (κ1) is 9.85. The maximum atomic E-state index is 11.4. The van der Waals surface area contributed by atoms with E-state index in [4.69, 9.17) is 5.73 Å². The van der Waals surface area contributed by atoms with Crippen molar-refractivity contribution in [2.24, 2.45) is 18.7 Å². The smallest absolute Gasteiger partial charge is 0.144 e. The molecule has 1 aromatic heterocycles. The van der Waals surface area contributed by atoms with E-state index in [0.29, 0.717) is 18.8 Å². The van der Waals surface area contributed by atoms with Crippen molar-refractivity contribution in [1.29, 1.82) is 0 Å². The third kappa shape index (κ3) is 2.35. The number of hydrogen-bond donors (Lipinski definition) is 1. The molecule has 0 aliphatic rings. The largest absolute Gasteiger partial charge is 0.330 e. The van der Waals surface area contributed by atoms with Gasteiger partial charge in [-0.25, -0.2) is 4.98 Å². The maximum Gasteiger partial charge on any atom is 0.144 e.